The summed E-state index contributed by atoms with van der Waals surface area (Å²) in [6.45, 7) is 3.11. The number of carbonyl (C=O) groups is 2. The van der Waals surface area contributed by atoms with Gasteiger partial charge in [-0.15, -0.1) is 0 Å². The molecule has 2 amide bonds. The highest BCUT2D eigenvalue weighted by Crippen LogP contribution is 2.27. The number of sulfonamides is 1. The molecular weight excluding hydrogens is 605 g/mol. The summed E-state index contributed by atoms with van der Waals surface area (Å²) < 4.78 is 29.2. The molecule has 4 rings (SSSR count). The average Bonchev–Trinajstić information content (AvgIpc) is 2.98. The summed E-state index contributed by atoms with van der Waals surface area (Å²) in [5.74, 6) is -0.974. The predicted octanol–water partition coefficient (Wildman–Crippen LogP) is 6.19. The minimum Gasteiger partial charge on any atom is -0.357 e. The summed E-state index contributed by atoms with van der Waals surface area (Å²) in [6.07, 6.45) is 0.201. The van der Waals surface area contributed by atoms with E-state index in [9.17, 15) is 18.0 Å². The third-order valence-corrected chi connectivity index (χ3v) is 9.43. The van der Waals surface area contributed by atoms with Crippen molar-refractivity contribution in [3.8, 4) is 0 Å². The number of hydrogen-bond donors (Lipinski definition) is 1. The third kappa shape index (κ3) is 7.96. The quantitative estimate of drug-likeness (QED) is 0.212. The second kappa shape index (κ2) is 14.1. The molecule has 0 saturated heterocycles. The van der Waals surface area contributed by atoms with Gasteiger partial charge in [0.15, 0.2) is 0 Å². The average molecular weight is 639 g/mol. The van der Waals surface area contributed by atoms with Gasteiger partial charge in [-0.25, -0.2) is 8.42 Å². The number of benzene rings is 4. The number of hydrogen-bond acceptors (Lipinski definition) is 4. The van der Waals surface area contributed by atoms with Crippen molar-refractivity contribution in [2.75, 3.05) is 17.9 Å². The van der Waals surface area contributed by atoms with E-state index in [0.29, 0.717) is 21.3 Å². The van der Waals surface area contributed by atoms with Gasteiger partial charge in [-0.05, 0) is 66.9 Å². The Hall–Kier alpha value is -3.85. The van der Waals surface area contributed by atoms with Crippen LogP contribution >= 0.6 is 23.2 Å². The van der Waals surface area contributed by atoms with Gasteiger partial charge in [0.2, 0.25) is 11.8 Å². The summed E-state index contributed by atoms with van der Waals surface area (Å²) in [6, 6.07) is 26.6. The number of nitrogens with one attached hydrogen (secondary N) is 1. The SMILES string of the molecule is CNC(=O)C(Cc1ccccc1)N(Cc1ccc(Cl)cc1Cl)C(=O)CN(c1cccc(C)c1)S(=O)(=O)c1ccc(C)cc1. The van der Waals surface area contributed by atoms with E-state index in [-0.39, 0.29) is 17.9 Å². The molecule has 4 aromatic rings. The Kier molecular flexibility index (Phi) is 10.5. The van der Waals surface area contributed by atoms with E-state index in [2.05, 4.69) is 5.32 Å². The molecule has 0 aliphatic carbocycles. The van der Waals surface area contributed by atoms with E-state index in [4.69, 9.17) is 23.2 Å². The van der Waals surface area contributed by atoms with E-state index >= 15 is 0 Å². The van der Waals surface area contributed by atoms with Crippen LogP contribution in [0.3, 0.4) is 0 Å². The molecule has 224 valence electrons. The van der Waals surface area contributed by atoms with E-state index in [1.807, 2.05) is 50.2 Å². The van der Waals surface area contributed by atoms with Gasteiger partial charge in [-0.2, -0.15) is 0 Å². The normalized spacial score (nSPS) is 11.9. The zero-order valence-electron chi connectivity index (χ0n) is 24.1. The third-order valence-electron chi connectivity index (χ3n) is 7.05. The van der Waals surface area contributed by atoms with Gasteiger partial charge < -0.3 is 10.2 Å². The lowest BCUT2D eigenvalue weighted by Gasteiger charge is -2.34. The van der Waals surface area contributed by atoms with Gasteiger partial charge in [-0.3, -0.25) is 13.9 Å². The first-order valence-corrected chi connectivity index (χ1v) is 15.8. The molecule has 0 heterocycles. The smallest absolute Gasteiger partial charge is 0.264 e. The number of rotatable bonds is 11. The van der Waals surface area contributed by atoms with E-state index in [1.165, 1.54) is 24.1 Å². The van der Waals surface area contributed by atoms with E-state index < -0.39 is 34.4 Å². The van der Waals surface area contributed by atoms with Gasteiger partial charge >= 0.3 is 0 Å². The van der Waals surface area contributed by atoms with Crippen molar-refractivity contribution >= 4 is 50.7 Å². The van der Waals surface area contributed by atoms with Gasteiger partial charge in [0, 0.05) is 30.1 Å². The van der Waals surface area contributed by atoms with Crippen LogP contribution in [-0.2, 0) is 32.6 Å². The minimum atomic E-state index is -4.17. The van der Waals surface area contributed by atoms with Crippen molar-refractivity contribution in [1.82, 2.24) is 10.2 Å². The van der Waals surface area contributed by atoms with Crippen LogP contribution in [0.25, 0.3) is 0 Å². The monoisotopic (exact) mass is 637 g/mol. The van der Waals surface area contributed by atoms with Crippen LogP contribution < -0.4 is 9.62 Å². The van der Waals surface area contributed by atoms with Crippen LogP contribution in [0.2, 0.25) is 10.0 Å². The topological polar surface area (TPSA) is 86.8 Å². The lowest BCUT2D eigenvalue weighted by Crippen LogP contribution is -2.53. The van der Waals surface area contributed by atoms with Crippen molar-refractivity contribution < 1.29 is 18.0 Å². The Morgan fingerprint density at radius 3 is 2.16 bits per heavy atom. The summed E-state index contributed by atoms with van der Waals surface area (Å²) in [7, 11) is -2.67. The summed E-state index contributed by atoms with van der Waals surface area (Å²) in [4.78, 5) is 29.1. The molecule has 7 nitrogen and oxygen atoms in total. The molecule has 1 atom stereocenters. The molecule has 0 spiro atoms. The van der Waals surface area contributed by atoms with Crippen LogP contribution in [0.1, 0.15) is 22.3 Å². The molecule has 0 aliphatic heterocycles. The van der Waals surface area contributed by atoms with Crippen LogP contribution in [-0.4, -0.2) is 44.8 Å². The van der Waals surface area contributed by atoms with Crippen LogP contribution in [0, 0.1) is 13.8 Å². The zero-order chi connectivity index (χ0) is 31.1. The van der Waals surface area contributed by atoms with E-state index in [1.54, 1.807) is 48.5 Å². The lowest BCUT2D eigenvalue weighted by molar-refractivity contribution is -0.139. The fourth-order valence-corrected chi connectivity index (χ4v) is 6.58. The fourth-order valence-electron chi connectivity index (χ4n) is 4.70. The van der Waals surface area contributed by atoms with Crippen molar-refractivity contribution in [1.29, 1.82) is 0 Å². The lowest BCUT2D eigenvalue weighted by atomic mass is 10.0. The number of anilines is 1. The molecule has 10 heteroatoms. The highest BCUT2D eigenvalue weighted by molar-refractivity contribution is 7.92. The first-order valence-electron chi connectivity index (χ1n) is 13.6. The maximum atomic E-state index is 14.3. The number of nitrogens with zero attached hydrogens (tertiary/aromatic N) is 2. The highest BCUT2D eigenvalue weighted by Gasteiger charge is 2.34. The standard InChI is InChI=1S/C33H33Cl2N3O4S/c1-23-12-16-29(17-13-23)43(41,42)38(28-11-7-8-24(2)18-28)22-32(39)37(21-26-14-15-27(34)20-30(26)35)31(33(40)36-3)19-25-9-5-4-6-10-25/h4-18,20,31H,19,21-22H2,1-3H3,(H,36,40). The predicted molar refractivity (Wildman–Crippen MR) is 172 cm³/mol. The van der Waals surface area contributed by atoms with Crippen molar-refractivity contribution in [2.45, 2.75) is 37.8 Å². The van der Waals surface area contributed by atoms with Crippen molar-refractivity contribution in [2.24, 2.45) is 0 Å². The first kappa shape index (κ1) is 32.1. The van der Waals surface area contributed by atoms with Crippen LogP contribution in [0.5, 0.6) is 0 Å². The Morgan fingerprint density at radius 2 is 1.53 bits per heavy atom. The van der Waals surface area contributed by atoms with E-state index in [0.717, 1.165) is 21.0 Å². The molecule has 43 heavy (non-hydrogen) atoms. The minimum absolute atomic E-state index is 0.0480. The van der Waals surface area contributed by atoms with Crippen molar-refractivity contribution in [3.05, 3.63) is 129 Å². The molecule has 1 unspecified atom stereocenters. The number of amides is 2. The number of carbonyl (C=O) groups excluding carboxylic acids is 2. The van der Waals surface area contributed by atoms with Gasteiger partial charge in [0.05, 0.1) is 10.6 Å². The largest absolute Gasteiger partial charge is 0.357 e. The second-order valence-electron chi connectivity index (χ2n) is 10.2. The molecule has 0 radical (unpaired) electrons. The maximum Gasteiger partial charge on any atom is 0.264 e. The number of aryl methyl sites for hydroxylation is 2. The van der Waals surface area contributed by atoms with Gasteiger partial charge in [-0.1, -0.05) is 89.4 Å². The van der Waals surface area contributed by atoms with Crippen molar-refractivity contribution in [3.63, 3.8) is 0 Å². The van der Waals surface area contributed by atoms with Crippen LogP contribution in [0.15, 0.2) is 102 Å². The molecule has 4 aromatic carbocycles. The molecule has 0 bridgehead atoms. The molecule has 0 saturated carbocycles. The highest BCUT2D eigenvalue weighted by atomic mass is 35.5. The number of likely N-dealkylation sites (N-methyl/N-ethyl adjacent to an activating group) is 1. The van der Waals surface area contributed by atoms with Crippen LogP contribution in [0.4, 0.5) is 5.69 Å². The molecule has 0 fully saturated rings. The Balaban J connectivity index is 1.81. The second-order valence-corrected chi connectivity index (χ2v) is 12.9. The Morgan fingerprint density at radius 1 is 0.837 bits per heavy atom. The maximum absolute atomic E-state index is 14.3. The fraction of sp³-hybridized carbons (Fsp3) is 0.212. The first-order chi connectivity index (χ1) is 20.5. The Labute approximate surface area is 263 Å². The number of halogens is 2. The molecular formula is C33H33Cl2N3O4S. The molecule has 0 aromatic heterocycles. The van der Waals surface area contributed by atoms with Gasteiger partial charge in [0.1, 0.15) is 12.6 Å². The summed E-state index contributed by atoms with van der Waals surface area (Å²) in [5.41, 5.74) is 3.45. The summed E-state index contributed by atoms with van der Waals surface area (Å²) in [5, 5.41) is 3.41. The molecule has 0 aliphatic rings. The summed E-state index contributed by atoms with van der Waals surface area (Å²) >= 11 is 12.6. The van der Waals surface area contributed by atoms with Gasteiger partial charge in [0.25, 0.3) is 10.0 Å². The molecule has 1 N–H and O–H groups in total. The zero-order valence-corrected chi connectivity index (χ0v) is 26.5. The Bertz CT molecular complexity index is 1700.